The number of alkyl halides is 1. The average molecular weight is 227 g/mol. The molecule has 0 saturated heterocycles. The van der Waals surface area contributed by atoms with E-state index in [1.54, 1.807) is 6.92 Å². The maximum Gasteiger partial charge on any atom is 0.338 e. The van der Waals surface area contributed by atoms with Crippen molar-refractivity contribution in [3.8, 4) is 0 Å². The Hall–Kier alpha value is -1.02. The Balaban J connectivity index is 3.23. The zero-order valence-electron chi connectivity index (χ0n) is 9.26. The van der Waals surface area contributed by atoms with E-state index in [-0.39, 0.29) is 5.97 Å². The highest BCUT2D eigenvalue weighted by atomic mass is 35.5. The minimum Gasteiger partial charge on any atom is -0.462 e. The van der Waals surface area contributed by atoms with Gasteiger partial charge in [0, 0.05) is 5.88 Å². The molecule has 82 valence electrons. The van der Waals surface area contributed by atoms with Crippen LogP contribution in [-0.2, 0) is 10.6 Å². The number of hydrogen-bond acceptors (Lipinski definition) is 2. The van der Waals surface area contributed by atoms with Gasteiger partial charge < -0.3 is 4.74 Å². The molecule has 0 radical (unpaired) electrons. The zero-order valence-corrected chi connectivity index (χ0v) is 10.0. The van der Waals surface area contributed by atoms with Crippen LogP contribution in [0.15, 0.2) is 12.1 Å². The highest BCUT2D eigenvalue weighted by Gasteiger charge is 2.15. The molecule has 0 N–H and O–H groups in total. The molecule has 0 aliphatic rings. The van der Waals surface area contributed by atoms with Crippen molar-refractivity contribution < 1.29 is 9.53 Å². The van der Waals surface area contributed by atoms with Crippen LogP contribution in [0, 0.1) is 13.8 Å². The van der Waals surface area contributed by atoms with Crippen LogP contribution in [0.25, 0.3) is 0 Å². The molecule has 0 aromatic heterocycles. The first-order valence-electron chi connectivity index (χ1n) is 4.94. The number of carbonyl (C=O) groups is 1. The molecule has 3 heteroatoms. The van der Waals surface area contributed by atoms with Crippen molar-refractivity contribution in [1.82, 2.24) is 0 Å². The number of esters is 1. The van der Waals surface area contributed by atoms with Gasteiger partial charge in [0.05, 0.1) is 12.2 Å². The number of aryl methyl sites for hydroxylation is 1. The molecule has 0 atom stereocenters. The quantitative estimate of drug-likeness (QED) is 0.584. The molecule has 1 aromatic carbocycles. The van der Waals surface area contributed by atoms with Crippen LogP contribution in [0.2, 0.25) is 0 Å². The van der Waals surface area contributed by atoms with E-state index in [9.17, 15) is 4.79 Å². The Bertz CT molecular complexity index is 372. The molecule has 0 bridgehead atoms. The Morgan fingerprint density at radius 1 is 1.40 bits per heavy atom. The number of benzene rings is 1. The lowest BCUT2D eigenvalue weighted by molar-refractivity contribution is 0.0524. The molecule has 0 amide bonds. The van der Waals surface area contributed by atoms with Gasteiger partial charge in [0.1, 0.15) is 0 Å². The highest BCUT2D eigenvalue weighted by molar-refractivity contribution is 6.17. The van der Waals surface area contributed by atoms with Crippen LogP contribution < -0.4 is 0 Å². The maximum absolute atomic E-state index is 11.7. The standard InChI is InChI=1S/C12H15ClO2/c1-4-15-12(14)11-9(3)8(2)5-6-10(11)7-13/h5-6H,4,7H2,1-3H3. The lowest BCUT2D eigenvalue weighted by Crippen LogP contribution is -2.10. The molecular formula is C12H15ClO2. The molecule has 15 heavy (non-hydrogen) atoms. The largest absolute Gasteiger partial charge is 0.462 e. The summed E-state index contributed by atoms with van der Waals surface area (Å²) in [6, 6.07) is 3.84. The lowest BCUT2D eigenvalue weighted by Gasteiger charge is -2.11. The third-order valence-corrected chi connectivity index (χ3v) is 2.73. The van der Waals surface area contributed by atoms with Gasteiger partial charge in [0.15, 0.2) is 0 Å². The highest BCUT2D eigenvalue weighted by Crippen LogP contribution is 2.20. The van der Waals surface area contributed by atoms with Crippen molar-refractivity contribution in [2.75, 3.05) is 6.61 Å². The lowest BCUT2D eigenvalue weighted by atomic mass is 9.98. The van der Waals surface area contributed by atoms with Crippen molar-refractivity contribution in [2.24, 2.45) is 0 Å². The summed E-state index contributed by atoms with van der Waals surface area (Å²) in [7, 11) is 0. The van der Waals surface area contributed by atoms with Crippen LogP contribution in [0.3, 0.4) is 0 Å². The van der Waals surface area contributed by atoms with Crippen LogP contribution >= 0.6 is 11.6 Å². The Kier molecular flexibility index (Phi) is 4.15. The summed E-state index contributed by atoms with van der Waals surface area (Å²) in [6.07, 6.45) is 0. The van der Waals surface area contributed by atoms with Gasteiger partial charge in [-0.2, -0.15) is 0 Å². The van der Waals surface area contributed by atoms with Gasteiger partial charge in [-0.25, -0.2) is 4.79 Å². The molecule has 0 unspecified atom stereocenters. The topological polar surface area (TPSA) is 26.3 Å². The molecule has 0 saturated carbocycles. The molecule has 1 rings (SSSR count). The Labute approximate surface area is 95.2 Å². The summed E-state index contributed by atoms with van der Waals surface area (Å²) in [5.74, 6) is 0.0456. The second-order valence-corrected chi connectivity index (χ2v) is 3.66. The minimum atomic E-state index is -0.283. The third-order valence-electron chi connectivity index (χ3n) is 2.45. The summed E-state index contributed by atoms with van der Waals surface area (Å²) in [5.41, 5.74) is 3.48. The number of hydrogen-bond donors (Lipinski definition) is 0. The molecule has 2 nitrogen and oxygen atoms in total. The van der Waals surface area contributed by atoms with E-state index in [1.807, 2.05) is 26.0 Å². The fourth-order valence-corrected chi connectivity index (χ4v) is 1.69. The van der Waals surface area contributed by atoms with Gasteiger partial charge >= 0.3 is 5.97 Å². The minimum absolute atomic E-state index is 0.283. The van der Waals surface area contributed by atoms with Crippen molar-refractivity contribution in [1.29, 1.82) is 0 Å². The van der Waals surface area contributed by atoms with E-state index in [2.05, 4.69) is 0 Å². The van der Waals surface area contributed by atoms with Gasteiger partial charge in [-0.1, -0.05) is 12.1 Å². The van der Waals surface area contributed by atoms with Crippen molar-refractivity contribution in [3.05, 3.63) is 34.4 Å². The van der Waals surface area contributed by atoms with Crippen LogP contribution in [0.4, 0.5) is 0 Å². The van der Waals surface area contributed by atoms with Gasteiger partial charge in [-0.05, 0) is 37.5 Å². The molecule has 0 fully saturated rings. The predicted octanol–water partition coefficient (Wildman–Crippen LogP) is 3.22. The van der Waals surface area contributed by atoms with Crippen molar-refractivity contribution in [2.45, 2.75) is 26.7 Å². The van der Waals surface area contributed by atoms with Gasteiger partial charge in [-0.3, -0.25) is 0 Å². The number of rotatable bonds is 3. The van der Waals surface area contributed by atoms with Gasteiger partial charge in [0.25, 0.3) is 0 Å². The van der Waals surface area contributed by atoms with Crippen LogP contribution in [-0.4, -0.2) is 12.6 Å². The summed E-state index contributed by atoms with van der Waals surface area (Å²) in [6.45, 7) is 6.06. The SMILES string of the molecule is CCOC(=O)c1c(CCl)ccc(C)c1C. The van der Waals surface area contributed by atoms with E-state index in [1.165, 1.54) is 0 Å². The smallest absolute Gasteiger partial charge is 0.338 e. The Morgan fingerprint density at radius 3 is 2.60 bits per heavy atom. The Morgan fingerprint density at radius 2 is 2.07 bits per heavy atom. The summed E-state index contributed by atoms with van der Waals surface area (Å²) in [5, 5.41) is 0. The fraction of sp³-hybridized carbons (Fsp3) is 0.417. The fourth-order valence-electron chi connectivity index (χ4n) is 1.47. The number of carbonyl (C=O) groups excluding carboxylic acids is 1. The third kappa shape index (κ3) is 2.51. The second kappa shape index (κ2) is 5.17. The average Bonchev–Trinajstić information content (AvgIpc) is 2.22. The van der Waals surface area contributed by atoms with E-state index in [4.69, 9.17) is 16.3 Å². The molecule has 0 spiro atoms. The van der Waals surface area contributed by atoms with E-state index >= 15 is 0 Å². The first-order chi connectivity index (χ1) is 7.11. The molecule has 0 heterocycles. The molecule has 1 aromatic rings. The van der Waals surface area contributed by atoms with E-state index in [0.717, 1.165) is 16.7 Å². The number of ether oxygens (including phenoxy) is 1. The monoisotopic (exact) mass is 226 g/mol. The van der Waals surface area contributed by atoms with E-state index < -0.39 is 0 Å². The first-order valence-corrected chi connectivity index (χ1v) is 5.47. The van der Waals surface area contributed by atoms with Gasteiger partial charge in [-0.15, -0.1) is 11.6 Å². The van der Waals surface area contributed by atoms with Crippen molar-refractivity contribution >= 4 is 17.6 Å². The van der Waals surface area contributed by atoms with Gasteiger partial charge in [0.2, 0.25) is 0 Å². The molecule has 0 aliphatic carbocycles. The maximum atomic E-state index is 11.7. The number of halogens is 1. The zero-order chi connectivity index (χ0) is 11.4. The molecular weight excluding hydrogens is 212 g/mol. The molecule has 0 aliphatic heterocycles. The normalized spacial score (nSPS) is 10.1. The second-order valence-electron chi connectivity index (χ2n) is 3.40. The van der Waals surface area contributed by atoms with Crippen LogP contribution in [0.5, 0.6) is 0 Å². The van der Waals surface area contributed by atoms with E-state index in [0.29, 0.717) is 18.1 Å². The predicted molar refractivity (Wildman–Crippen MR) is 61.4 cm³/mol. The first kappa shape index (κ1) is 12.1. The summed E-state index contributed by atoms with van der Waals surface area (Å²) in [4.78, 5) is 11.7. The van der Waals surface area contributed by atoms with Crippen molar-refractivity contribution in [3.63, 3.8) is 0 Å². The van der Waals surface area contributed by atoms with Crippen LogP contribution in [0.1, 0.15) is 34.0 Å². The summed E-state index contributed by atoms with van der Waals surface area (Å²) >= 11 is 5.79. The summed E-state index contributed by atoms with van der Waals surface area (Å²) < 4.78 is 5.01.